The van der Waals surface area contributed by atoms with Gasteiger partial charge in [-0.05, 0) is 18.1 Å². The molecule has 2 aliphatic rings. The molecular formula is C19H19N2NaO6S. The van der Waals surface area contributed by atoms with Gasteiger partial charge in [0, 0.05) is 5.75 Å². The quantitative estimate of drug-likeness (QED) is 0.274. The fourth-order valence-electron chi connectivity index (χ4n) is 3.20. The number of thioether (sulfide) groups is 1. The van der Waals surface area contributed by atoms with Crippen LogP contribution in [0.5, 0.6) is 0 Å². The van der Waals surface area contributed by atoms with Crippen molar-refractivity contribution in [3.8, 4) is 0 Å². The zero-order chi connectivity index (χ0) is 20.3. The number of carbonyl (C=O) groups excluding carboxylic acids is 4. The summed E-state index contributed by atoms with van der Waals surface area (Å²) in [5, 5.41) is 13.7. The van der Waals surface area contributed by atoms with Gasteiger partial charge in [0.2, 0.25) is 5.91 Å². The van der Waals surface area contributed by atoms with Crippen molar-refractivity contribution >= 4 is 35.5 Å². The SMILES string of the molecule is CCOC(=O)CC1=C(C(=O)[O-])N2C(=O)C(NC(=O)Cc3ccccc3)C2SC1.[Na+]. The minimum absolute atomic E-state index is 0. The molecule has 2 unspecified atom stereocenters. The molecule has 1 saturated heterocycles. The molecule has 2 aliphatic heterocycles. The average molecular weight is 426 g/mol. The largest absolute Gasteiger partial charge is 1.00 e. The molecule has 0 bridgehead atoms. The number of aliphatic carboxylic acids is 1. The van der Waals surface area contributed by atoms with Crippen LogP contribution in [-0.4, -0.2) is 52.4 Å². The molecule has 1 aromatic rings. The summed E-state index contributed by atoms with van der Waals surface area (Å²) in [5.74, 6) is -2.69. The molecule has 148 valence electrons. The number of hydrogen-bond acceptors (Lipinski definition) is 7. The average Bonchev–Trinajstić information content (AvgIpc) is 2.66. The second kappa shape index (κ2) is 10.3. The molecule has 1 aromatic carbocycles. The summed E-state index contributed by atoms with van der Waals surface area (Å²) in [4.78, 5) is 49.2. The Bertz CT molecular complexity index is 844. The standard InChI is InChI=1S/C19H20N2O6S.Na/c1-2-27-14(23)9-12-10-28-18-15(17(24)21(18)16(12)19(25)26)20-13(22)8-11-6-4-3-5-7-11;/h3-7,15,18H,2,8-10H2,1H3,(H,20,22)(H,25,26);/q;+1/p-1. The van der Waals surface area contributed by atoms with E-state index in [1.165, 1.54) is 11.8 Å². The molecular weight excluding hydrogens is 407 g/mol. The Labute approximate surface area is 194 Å². The first-order chi connectivity index (χ1) is 13.4. The van der Waals surface area contributed by atoms with Gasteiger partial charge in [0.15, 0.2) is 0 Å². The molecule has 3 rings (SSSR count). The van der Waals surface area contributed by atoms with Crippen LogP contribution in [0.25, 0.3) is 0 Å². The third-order valence-corrected chi connectivity index (χ3v) is 5.77. The van der Waals surface area contributed by atoms with Crippen LogP contribution in [0.2, 0.25) is 0 Å². The Morgan fingerprint density at radius 3 is 2.55 bits per heavy atom. The third kappa shape index (κ3) is 5.22. The number of nitrogens with one attached hydrogen (secondary N) is 1. The van der Waals surface area contributed by atoms with Gasteiger partial charge in [-0.1, -0.05) is 30.3 Å². The summed E-state index contributed by atoms with van der Waals surface area (Å²) >= 11 is 1.30. The number of hydrogen-bond donors (Lipinski definition) is 1. The van der Waals surface area contributed by atoms with E-state index in [0.29, 0.717) is 0 Å². The Morgan fingerprint density at radius 1 is 1.24 bits per heavy atom. The van der Waals surface area contributed by atoms with E-state index in [0.717, 1.165) is 10.5 Å². The number of carboxylic acids is 1. The van der Waals surface area contributed by atoms with Gasteiger partial charge in [-0.15, -0.1) is 11.8 Å². The number of β-lactam (4-membered cyclic amide) rings is 1. The van der Waals surface area contributed by atoms with E-state index in [1.807, 2.05) is 30.3 Å². The number of amides is 2. The summed E-state index contributed by atoms with van der Waals surface area (Å²) < 4.78 is 4.85. The summed E-state index contributed by atoms with van der Waals surface area (Å²) in [7, 11) is 0. The van der Waals surface area contributed by atoms with Crippen molar-refractivity contribution in [1.29, 1.82) is 0 Å². The molecule has 29 heavy (non-hydrogen) atoms. The van der Waals surface area contributed by atoms with Crippen molar-refractivity contribution in [2.24, 2.45) is 0 Å². The first-order valence-corrected chi connectivity index (χ1v) is 9.84. The van der Waals surface area contributed by atoms with E-state index in [-0.39, 0.29) is 71.9 Å². The summed E-state index contributed by atoms with van der Waals surface area (Å²) in [6, 6.07) is 8.29. The number of benzene rings is 1. The zero-order valence-electron chi connectivity index (χ0n) is 16.2. The van der Waals surface area contributed by atoms with E-state index in [4.69, 9.17) is 4.74 Å². The molecule has 2 atom stereocenters. The third-order valence-electron chi connectivity index (χ3n) is 4.43. The molecule has 0 aliphatic carbocycles. The van der Waals surface area contributed by atoms with Gasteiger partial charge in [-0.2, -0.15) is 0 Å². The number of nitrogens with zero attached hydrogens (tertiary/aromatic N) is 1. The van der Waals surface area contributed by atoms with Crippen LogP contribution in [0.1, 0.15) is 18.9 Å². The maximum absolute atomic E-state index is 12.5. The van der Waals surface area contributed by atoms with Gasteiger partial charge in [0.1, 0.15) is 11.4 Å². The smallest absolute Gasteiger partial charge is 0.543 e. The molecule has 1 fully saturated rings. The number of carbonyl (C=O) groups is 4. The molecule has 8 nitrogen and oxygen atoms in total. The van der Waals surface area contributed by atoms with Crippen LogP contribution in [0.3, 0.4) is 0 Å². The monoisotopic (exact) mass is 426 g/mol. The Kier molecular flexibility index (Phi) is 8.33. The molecule has 0 aromatic heterocycles. The number of rotatable bonds is 7. The second-order valence-electron chi connectivity index (χ2n) is 6.34. The van der Waals surface area contributed by atoms with Crippen LogP contribution < -0.4 is 40.0 Å². The van der Waals surface area contributed by atoms with Crippen molar-refractivity contribution < 1.29 is 58.6 Å². The second-order valence-corrected chi connectivity index (χ2v) is 7.44. The van der Waals surface area contributed by atoms with E-state index >= 15 is 0 Å². The summed E-state index contributed by atoms with van der Waals surface area (Å²) in [6.45, 7) is 1.83. The van der Waals surface area contributed by atoms with Crippen molar-refractivity contribution in [2.75, 3.05) is 12.4 Å². The normalized spacial score (nSPS) is 20.2. The van der Waals surface area contributed by atoms with Crippen molar-refractivity contribution in [1.82, 2.24) is 10.2 Å². The van der Waals surface area contributed by atoms with Gasteiger partial charge in [-0.3, -0.25) is 19.3 Å². The maximum Gasteiger partial charge on any atom is 1.00 e. The van der Waals surface area contributed by atoms with Crippen molar-refractivity contribution in [3.63, 3.8) is 0 Å². The van der Waals surface area contributed by atoms with Crippen LogP contribution in [0.4, 0.5) is 0 Å². The van der Waals surface area contributed by atoms with E-state index < -0.39 is 29.3 Å². The van der Waals surface area contributed by atoms with Gasteiger partial charge in [0.05, 0.1) is 31.1 Å². The Hall–Kier alpha value is -1.81. The van der Waals surface area contributed by atoms with Crippen LogP contribution in [0, 0.1) is 0 Å². The first-order valence-electron chi connectivity index (χ1n) is 8.79. The first kappa shape index (κ1) is 23.5. The molecule has 0 radical (unpaired) electrons. The predicted molar refractivity (Wildman–Crippen MR) is 98.5 cm³/mol. The van der Waals surface area contributed by atoms with Crippen LogP contribution in [0.15, 0.2) is 41.6 Å². The Morgan fingerprint density at radius 2 is 1.93 bits per heavy atom. The fourth-order valence-corrected chi connectivity index (χ4v) is 4.55. The minimum atomic E-state index is -1.52. The topological polar surface area (TPSA) is 116 Å². The Balaban J connectivity index is 0.00000300. The number of esters is 1. The van der Waals surface area contributed by atoms with Crippen molar-refractivity contribution in [3.05, 3.63) is 47.2 Å². The molecule has 0 spiro atoms. The van der Waals surface area contributed by atoms with Gasteiger partial charge < -0.3 is 20.0 Å². The van der Waals surface area contributed by atoms with Gasteiger partial charge in [-0.25, -0.2) is 0 Å². The van der Waals surface area contributed by atoms with Crippen molar-refractivity contribution in [2.45, 2.75) is 31.2 Å². The van der Waals surface area contributed by atoms with Crippen LogP contribution in [-0.2, 0) is 30.3 Å². The maximum atomic E-state index is 12.5. The number of carboxylic acid groups (broad SMARTS) is 1. The van der Waals surface area contributed by atoms with Crippen LogP contribution >= 0.6 is 11.8 Å². The molecule has 2 amide bonds. The molecule has 0 saturated carbocycles. The van der Waals surface area contributed by atoms with Gasteiger partial charge in [0.25, 0.3) is 5.91 Å². The minimum Gasteiger partial charge on any atom is -0.543 e. The predicted octanol–water partition coefficient (Wildman–Crippen LogP) is -3.41. The van der Waals surface area contributed by atoms with E-state index in [9.17, 15) is 24.3 Å². The number of fused-ring (bicyclic) bond motifs is 1. The summed E-state index contributed by atoms with van der Waals surface area (Å²) in [6.07, 6.45) is -0.0923. The zero-order valence-corrected chi connectivity index (χ0v) is 19.0. The van der Waals surface area contributed by atoms with Gasteiger partial charge >= 0.3 is 35.5 Å². The summed E-state index contributed by atoms with van der Waals surface area (Å²) in [5.41, 5.74) is 0.796. The molecule has 10 heteroatoms. The fraction of sp³-hybridized carbons (Fsp3) is 0.368. The van der Waals surface area contributed by atoms with E-state index in [1.54, 1.807) is 6.92 Å². The number of ether oxygens (including phenoxy) is 1. The molecule has 2 heterocycles. The molecule has 1 N–H and O–H groups in total. The van der Waals surface area contributed by atoms with E-state index in [2.05, 4.69) is 5.32 Å².